The Bertz CT molecular complexity index is 1670. The van der Waals surface area contributed by atoms with Crippen molar-refractivity contribution in [3.05, 3.63) is 82.4 Å². The highest BCUT2D eigenvalue weighted by Gasteiger charge is 2.51. The quantitative estimate of drug-likeness (QED) is 0.291. The van der Waals surface area contributed by atoms with Crippen LogP contribution in [0.2, 0.25) is 10.1 Å². The normalized spacial score (nSPS) is 18.9. The summed E-state index contributed by atoms with van der Waals surface area (Å²) in [6.45, 7) is 4.04. The zero-order valence-corrected chi connectivity index (χ0v) is 23.0. The zero-order chi connectivity index (χ0) is 28.0. The molecule has 0 N–H and O–H groups in total. The van der Waals surface area contributed by atoms with E-state index in [4.69, 9.17) is 55.8 Å². The molecule has 2 bridgehead atoms. The predicted octanol–water partition coefficient (Wildman–Crippen LogP) is 3.92. The summed E-state index contributed by atoms with van der Waals surface area (Å²) in [5, 5.41) is -3.10. The van der Waals surface area contributed by atoms with E-state index in [1.54, 1.807) is 24.3 Å². The number of halogens is 2. The summed E-state index contributed by atoms with van der Waals surface area (Å²) in [5.74, 6) is -0.155. The molecule has 39 heavy (non-hydrogen) atoms. The molecule has 6 rings (SSSR count). The SMILES string of the molecule is [B]C([B])([B])C([B])([B])N1C(=O)c2cccc(Cl)c2C2CC1c1nc3ccc(-c4ccc(P(C)C)c(F)c4)cc3n12. The molecule has 3 heterocycles. The largest absolute Gasteiger partial charge is 0.342 e. The van der Waals surface area contributed by atoms with Gasteiger partial charge in [-0.25, -0.2) is 9.37 Å². The van der Waals surface area contributed by atoms with Crippen molar-refractivity contribution in [1.82, 2.24) is 14.5 Å². The maximum Gasteiger partial charge on any atom is 0.253 e. The third-order valence-electron chi connectivity index (χ3n) is 7.78. The van der Waals surface area contributed by atoms with Crippen LogP contribution in [-0.4, -0.2) is 78.3 Å². The molecule has 3 aromatic carbocycles. The molecule has 10 radical (unpaired) electrons. The van der Waals surface area contributed by atoms with Gasteiger partial charge in [-0.05, 0) is 60.1 Å². The van der Waals surface area contributed by atoms with Crippen LogP contribution in [0.5, 0.6) is 0 Å². The zero-order valence-electron chi connectivity index (χ0n) is 21.4. The first-order valence-corrected chi connectivity index (χ1v) is 15.0. The van der Waals surface area contributed by atoms with Gasteiger partial charge in [0.15, 0.2) is 0 Å². The van der Waals surface area contributed by atoms with E-state index < -0.39 is 30.3 Å². The van der Waals surface area contributed by atoms with E-state index in [9.17, 15) is 9.18 Å². The summed E-state index contributed by atoms with van der Waals surface area (Å²) in [7, 11) is 30.2. The maximum absolute atomic E-state index is 14.9. The Morgan fingerprint density at radius 3 is 2.36 bits per heavy atom. The second-order valence-electron chi connectivity index (χ2n) is 10.5. The summed E-state index contributed by atoms with van der Waals surface area (Å²) >= 11 is 6.71. The second kappa shape index (κ2) is 9.04. The first-order valence-electron chi connectivity index (χ1n) is 12.4. The van der Waals surface area contributed by atoms with Crippen LogP contribution in [0, 0.1) is 5.82 Å². The van der Waals surface area contributed by atoms with Crippen molar-refractivity contribution < 1.29 is 9.18 Å². The third kappa shape index (κ3) is 3.96. The fourth-order valence-electron chi connectivity index (χ4n) is 5.76. The number of hydrogen-bond donors (Lipinski definition) is 0. The van der Waals surface area contributed by atoms with Crippen molar-refractivity contribution in [2.45, 2.75) is 29.0 Å². The molecule has 2 unspecified atom stereocenters. The van der Waals surface area contributed by atoms with Gasteiger partial charge in [0.2, 0.25) is 0 Å². The third-order valence-corrected chi connectivity index (χ3v) is 9.43. The minimum absolute atomic E-state index is 0.222. The summed E-state index contributed by atoms with van der Waals surface area (Å²) in [6.07, 6.45) is 0.386. The lowest BCUT2D eigenvalue weighted by Gasteiger charge is -2.52. The number of amides is 1. The average Bonchev–Trinajstić information content (AvgIpc) is 3.36. The maximum atomic E-state index is 14.9. The molecule has 0 fully saturated rings. The monoisotopic (exact) mass is 541 g/mol. The van der Waals surface area contributed by atoms with Gasteiger partial charge >= 0.3 is 0 Å². The minimum atomic E-state index is -2.13. The number of carbonyl (C=O) groups is 1. The highest BCUT2D eigenvalue weighted by Crippen LogP contribution is 2.52. The number of rotatable bonds is 4. The Labute approximate surface area is 239 Å². The van der Waals surface area contributed by atoms with Gasteiger partial charge in [-0.1, -0.05) is 43.8 Å². The van der Waals surface area contributed by atoms with E-state index >= 15 is 0 Å². The van der Waals surface area contributed by atoms with Gasteiger partial charge in [-0.2, -0.15) is 0 Å². The van der Waals surface area contributed by atoms with E-state index in [1.807, 2.05) is 48.2 Å². The van der Waals surface area contributed by atoms with Crippen LogP contribution >= 0.6 is 19.5 Å². The molecule has 0 saturated heterocycles. The highest BCUT2D eigenvalue weighted by molar-refractivity contribution is 7.64. The predicted molar refractivity (Wildman–Crippen MR) is 161 cm³/mol. The van der Waals surface area contributed by atoms with E-state index in [-0.39, 0.29) is 11.9 Å². The molecule has 2 aliphatic rings. The van der Waals surface area contributed by atoms with Crippen LogP contribution in [0.15, 0.2) is 54.6 Å². The van der Waals surface area contributed by atoms with E-state index in [0.717, 1.165) is 21.9 Å². The molecule has 1 amide bonds. The molecule has 182 valence electrons. The summed E-state index contributed by atoms with van der Waals surface area (Å²) in [5.41, 5.74) is 4.02. The molecule has 12 heteroatoms. The molecule has 2 aliphatic heterocycles. The van der Waals surface area contributed by atoms with Gasteiger partial charge in [-0.3, -0.25) is 4.79 Å². The number of aromatic nitrogens is 2. The van der Waals surface area contributed by atoms with E-state index in [1.165, 1.54) is 4.90 Å². The number of carbonyl (C=O) groups excluding carboxylic acids is 1. The lowest BCUT2D eigenvalue weighted by Crippen LogP contribution is -2.61. The molecule has 0 saturated carbocycles. The van der Waals surface area contributed by atoms with Gasteiger partial charge in [-0.15, -0.1) is 5.11 Å². The minimum Gasteiger partial charge on any atom is -0.342 e. The van der Waals surface area contributed by atoms with E-state index in [2.05, 4.69) is 0 Å². The van der Waals surface area contributed by atoms with Crippen LogP contribution in [-0.2, 0) is 0 Å². The molecular formula is C27H19B5ClFN3OP. The van der Waals surface area contributed by atoms with Crippen LogP contribution in [0.3, 0.4) is 0 Å². The summed E-state index contributed by atoms with van der Waals surface area (Å²) in [6, 6.07) is 15.1. The van der Waals surface area contributed by atoms with Crippen LogP contribution in [0.25, 0.3) is 22.2 Å². The molecule has 2 atom stereocenters. The van der Waals surface area contributed by atoms with E-state index in [0.29, 0.717) is 33.9 Å². The lowest BCUT2D eigenvalue weighted by atomic mass is 9.26. The topological polar surface area (TPSA) is 38.1 Å². The molecule has 0 aliphatic carbocycles. The van der Waals surface area contributed by atoms with Crippen molar-refractivity contribution >= 4 is 81.0 Å². The van der Waals surface area contributed by atoms with Crippen molar-refractivity contribution in [3.63, 3.8) is 0 Å². The van der Waals surface area contributed by atoms with Crippen molar-refractivity contribution in [2.24, 2.45) is 0 Å². The second-order valence-corrected chi connectivity index (χ2v) is 13.2. The lowest BCUT2D eigenvalue weighted by molar-refractivity contribution is 0.0607. The van der Waals surface area contributed by atoms with Crippen molar-refractivity contribution in [3.8, 4) is 11.1 Å². The van der Waals surface area contributed by atoms with Gasteiger partial charge < -0.3 is 9.47 Å². The molecule has 4 nitrogen and oxygen atoms in total. The van der Waals surface area contributed by atoms with Crippen LogP contribution < -0.4 is 5.30 Å². The number of imidazole rings is 1. The summed E-state index contributed by atoms with van der Waals surface area (Å²) in [4.78, 5) is 20.0. The smallest absolute Gasteiger partial charge is 0.253 e. The first kappa shape index (κ1) is 26.8. The molecular weight excluding hydrogens is 522 g/mol. The van der Waals surface area contributed by atoms with Crippen LogP contribution in [0.1, 0.15) is 40.3 Å². The Hall–Kier alpha value is -2.43. The summed E-state index contributed by atoms with van der Waals surface area (Å²) < 4.78 is 16.9. The Balaban J connectivity index is 1.58. The Morgan fingerprint density at radius 1 is 1.00 bits per heavy atom. The van der Waals surface area contributed by atoms with Gasteiger partial charge in [0.1, 0.15) is 11.6 Å². The van der Waals surface area contributed by atoms with Crippen LogP contribution in [0.4, 0.5) is 4.39 Å². The molecule has 4 aromatic rings. The number of nitrogens with zero attached hydrogens (tertiary/aromatic N) is 3. The van der Waals surface area contributed by atoms with Gasteiger partial charge in [0.25, 0.3) is 5.91 Å². The standard InChI is InChI=1S/C27H19B5ClFN3OP/c1-39(2)22-9-7-13(10-17(22)34)14-6-8-18-19(11-14)36-20-12-21(24(36)35-18)37(27(31,32)26(28,29)30)25(38)15-4-3-5-16(33)23(15)20/h3-11,20-21H,12H2,1-2H3. The number of hydrogen-bond acceptors (Lipinski definition) is 2. The highest BCUT2D eigenvalue weighted by atomic mass is 35.5. The van der Waals surface area contributed by atoms with Crippen molar-refractivity contribution in [2.75, 3.05) is 13.3 Å². The van der Waals surface area contributed by atoms with Crippen molar-refractivity contribution in [1.29, 1.82) is 0 Å². The first-order chi connectivity index (χ1) is 18.3. The van der Waals surface area contributed by atoms with Gasteiger partial charge in [0.05, 0.1) is 62.3 Å². The fraction of sp³-hybridized carbons (Fsp3) is 0.259. The molecule has 1 aromatic heterocycles. The number of fused-ring (bicyclic) bond motifs is 9. The van der Waals surface area contributed by atoms with Gasteiger partial charge in [0, 0.05) is 27.9 Å². The average molecular weight is 541 g/mol. The molecule has 0 spiro atoms. The number of benzene rings is 3. The Kier molecular flexibility index (Phi) is 6.21. The fourth-order valence-corrected chi connectivity index (χ4v) is 6.93. The Morgan fingerprint density at radius 2 is 1.69 bits per heavy atom.